The Kier molecular flexibility index (Phi) is 3.07. The predicted octanol–water partition coefficient (Wildman–Crippen LogP) is 2.64. The van der Waals surface area contributed by atoms with Crippen molar-refractivity contribution in [2.75, 3.05) is 25.4 Å². The molecular formula is C11H20N2OS. The fourth-order valence-corrected chi connectivity index (χ4v) is 3.11. The molecule has 0 spiro atoms. The molecule has 0 aliphatic carbocycles. The van der Waals surface area contributed by atoms with Crippen LogP contribution in [0.25, 0.3) is 0 Å². The Hall–Kier alpha value is -0.480. The molecule has 1 aliphatic heterocycles. The fraction of sp³-hybridized carbons (Fsp3) is 0.727. The maximum atomic E-state index is 5.77. The van der Waals surface area contributed by atoms with Gasteiger partial charge >= 0.3 is 0 Å². The molecule has 1 unspecified atom stereocenters. The first-order valence-electron chi connectivity index (χ1n) is 5.42. The maximum absolute atomic E-state index is 5.77. The van der Waals surface area contributed by atoms with Gasteiger partial charge in [0.15, 0.2) is 6.23 Å². The van der Waals surface area contributed by atoms with Crippen molar-refractivity contribution in [2.45, 2.75) is 30.5 Å². The number of rotatable bonds is 2. The van der Waals surface area contributed by atoms with E-state index in [-0.39, 0.29) is 6.23 Å². The van der Waals surface area contributed by atoms with Crippen molar-refractivity contribution in [1.29, 1.82) is 0 Å². The van der Waals surface area contributed by atoms with E-state index in [0.717, 1.165) is 13.0 Å². The normalized spacial score (nSPS) is 24.1. The minimum absolute atomic E-state index is 0.176. The number of hydrogen-bond acceptors (Lipinski definition) is 2. The Bertz CT molecular complexity index is 324. The molecule has 1 atom stereocenters. The molecule has 1 aliphatic rings. The van der Waals surface area contributed by atoms with E-state index in [9.17, 15) is 0 Å². The van der Waals surface area contributed by atoms with Gasteiger partial charge in [-0.05, 0) is 44.1 Å². The van der Waals surface area contributed by atoms with E-state index >= 15 is 0 Å². The van der Waals surface area contributed by atoms with E-state index in [4.69, 9.17) is 4.74 Å². The summed E-state index contributed by atoms with van der Waals surface area (Å²) in [6, 6.07) is 2.13. The van der Waals surface area contributed by atoms with Crippen molar-refractivity contribution in [3.05, 3.63) is 12.3 Å². The third-order valence-corrected chi connectivity index (χ3v) is 4.27. The summed E-state index contributed by atoms with van der Waals surface area (Å²) < 4.78 is 7.86. The summed E-state index contributed by atoms with van der Waals surface area (Å²) in [5, 5.41) is 5.76. The lowest BCUT2D eigenvalue weighted by Gasteiger charge is -2.31. The van der Waals surface area contributed by atoms with Crippen LogP contribution in [-0.4, -0.2) is 35.2 Å². The molecule has 1 aromatic heterocycles. The van der Waals surface area contributed by atoms with Gasteiger partial charge in [0.1, 0.15) is 0 Å². The number of aromatic nitrogens is 2. The lowest BCUT2D eigenvalue weighted by Crippen LogP contribution is -2.21. The second-order valence-corrected chi connectivity index (χ2v) is 8.86. The van der Waals surface area contributed by atoms with E-state index < -0.39 is 10.0 Å². The summed E-state index contributed by atoms with van der Waals surface area (Å²) >= 11 is 0. The Morgan fingerprint density at radius 3 is 2.80 bits per heavy atom. The highest BCUT2D eigenvalue weighted by Gasteiger charge is 2.22. The Labute approximate surface area is 93.1 Å². The summed E-state index contributed by atoms with van der Waals surface area (Å²) in [6.45, 7) is 0.878. The van der Waals surface area contributed by atoms with Crippen LogP contribution in [0, 0.1) is 0 Å². The molecular weight excluding hydrogens is 208 g/mol. The first kappa shape index (κ1) is 11.0. The van der Waals surface area contributed by atoms with E-state index in [1.807, 2.05) is 6.20 Å². The van der Waals surface area contributed by atoms with Crippen LogP contribution in [0.1, 0.15) is 25.5 Å². The predicted molar refractivity (Wildman–Crippen MR) is 64.7 cm³/mol. The average Bonchev–Trinajstić information content (AvgIpc) is 2.67. The Balaban J connectivity index is 2.24. The molecule has 2 heterocycles. The Morgan fingerprint density at radius 1 is 1.40 bits per heavy atom. The summed E-state index contributed by atoms with van der Waals surface area (Å²) in [5.41, 5.74) is 0. The van der Waals surface area contributed by atoms with Crippen molar-refractivity contribution >= 4 is 10.0 Å². The highest BCUT2D eigenvalue weighted by molar-refractivity contribution is 8.32. The molecule has 0 amide bonds. The quantitative estimate of drug-likeness (QED) is 0.778. The Morgan fingerprint density at radius 2 is 2.20 bits per heavy atom. The van der Waals surface area contributed by atoms with Gasteiger partial charge < -0.3 is 4.74 Å². The van der Waals surface area contributed by atoms with Gasteiger partial charge in [-0.3, -0.25) is 0 Å². The third kappa shape index (κ3) is 2.37. The monoisotopic (exact) mass is 228 g/mol. The summed E-state index contributed by atoms with van der Waals surface area (Å²) in [4.78, 5) is 0. The summed E-state index contributed by atoms with van der Waals surface area (Å²) in [5.74, 6) is 0. The van der Waals surface area contributed by atoms with Crippen LogP contribution < -0.4 is 0 Å². The average molecular weight is 228 g/mol. The maximum Gasteiger partial charge on any atom is 0.151 e. The van der Waals surface area contributed by atoms with Crippen LogP contribution in [0.4, 0.5) is 0 Å². The van der Waals surface area contributed by atoms with Crippen molar-refractivity contribution in [3.63, 3.8) is 0 Å². The molecule has 4 heteroatoms. The molecule has 2 rings (SSSR count). The fourth-order valence-electron chi connectivity index (χ4n) is 1.92. The van der Waals surface area contributed by atoms with Crippen LogP contribution in [0.3, 0.4) is 0 Å². The van der Waals surface area contributed by atoms with Gasteiger partial charge in [-0.1, -0.05) is 0 Å². The van der Waals surface area contributed by atoms with E-state index in [0.29, 0.717) is 0 Å². The molecule has 0 aromatic carbocycles. The number of nitrogens with zero attached hydrogens (tertiary/aromatic N) is 2. The molecule has 0 saturated carbocycles. The molecule has 1 aromatic rings. The lowest BCUT2D eigenvalue weighted by atomic mass is 10.2. The topological polar surface area (TPSA) is 27.1 Å². The molecule has 0 N–H and O–H groups in total. The van der Waals surface area contributed by atoms with E-state index in [2.05, 4.69) is 34.6 Å². The minimum atomic E-state index is -0.719. The minimum Gasteiger partial charge on any atom is -0.356 e. The highest BCUT2D eigenvalue weighted by atomic mass is 32.3. The van der Waals surface area contributed by atoms with Gasteiger partial charge in [0, 0.05) is 6.61 Å². The highest BCUT2D eigenvalue weighted by Crippen LogP contribution is 2.46. The summed E-state index contributed by atoms with van der Waals surface area (Å²) in [6.07, 6.45) is 12.5. The van der Waals surface area contributed by atoms with Crippen molar-refractivity contribution in [1.82, 2.24) is 9.78 Å². The molecule has 15 heavy (non-hydrogen) atoms. The van der Waals surface area contributed by atoms with Gasteiger partial charge in [-0.25, -0.2) is 14.7 Å². The first-order chi connectivity index (χ1) is 7.09. The third-order valence-electron chi connectivity index (χ3n) is 2.69. The van der Waals surface area contributed by atoms with Crippen molar-refractivity contribution in [2.24, 2.45) is 0 Å². The van der Waals surface area contributed by atoms with Crippen molar-refractivity contribution < 1.29 is 4.74 Å². The van der Waals surface area contributed by atoms with Gasteiger partial charge in [0.05, 0.1) is 11.2 Å². The van der Waals surface area contributed by atoms with Crippen LogP contribution in [0.5, 0.6) is 0 Å². The lowest BCUT2D eigenvalue weighted by molar-refractivity contribution is -0.0447. The zero-order valence-electron chi connectivity index (χ0n) is 9.77. The number of hydrogen-bond donors (Lipinski definition) is 0. The molecule has 1 fully saturated rings. The van der Waals surface area contributed by atoms with E-state index in [1.165, 1.54) is 17.9 Å². The van der Waals surface area contributed by atoms with Gasteiger partial charge in [0.25, 0.3) is 0 Å². The SMILES string of the molecule is CS(C)(C)c1ccnn1C1CCCCO1. The molecule has 1 saturated heterocycles. The molecule has 3 nitrogen and oxygen atoms in total. The first-order valence-corrected chi connectivity index (χ1v) is 8.28. The van der Waals surface area contributed by atoms with Crippen molar-refractivity contribution in [3.8, 4) is 0 Å². The largest absolute Gasteiger partial charge is 0.356 e. The standard InChI is InChI=1S/C11H20N2OS/c1-15(2,3)11-7-8-12-13(11)10-6-4-5-9-14-10/h7-8,10H,4-6,9H2,1-3H3. The zero-order chi connectivity index (χ0) is 10.9. The molecule has 86 valence electrons. The smallest absolute Gasteiger partial charge is 0.151 e. The van der Waals surface area contributed by atoms with Gasteiger partial charge in [-0.2, -0.15) is 5.10 Å². The molecule has 0 radical (unpaired) electrons. The van der Waals surface area contributed by atoms with Gasteiger partial charge in [-0.15, -0.1) is 0 Å². The van der Waals surface area contributed by atoms with Crippen LogP contribution in [0.15, 0.2) is 17.3 Å². The number of ether oxygens (including phenoxy) is 1. The van der Waals surface area contributed by atoms with Crippen LogP contribution in [0.2, 0.25) is 0 Å². The van der Waals surface area contributed by atoms with Crippen LogP contribution in [-0.2, 0) is 4.74 Å². The molecule has 0 bridgehead atoms. The summed E-state index contributed by atoms with van der Waals surface area (Å²) in [7, 11) is -0.719. The van der Waals surface area contributed by atoms with Crippen LogP contribution >= 0.6 is 10.0 Å². The van der Waals surface area contributed by atoms with Gasteiger partial charge in [0.2, 0.25) is 0 Å². The zero-order valence-corrected chi connectivity index (χ0v) is 10.6. The second kappa shape index (κ2) is 4.18. The second-order valence-electron chi connectivity index (χ2n) is 4.77. The van der Waals surface area contributed by atoms with E-state index in [1.54, 1.807) is 0 Å².